The van der Waals surface area contributed by atoms with Crippen LogP contribution in [0.15, 0.2) is 35.4 Å². The predicted octanol–water partition coefficient (Wildman–Crippen LogP) is 2.57. The summed E-state index contributed by atoms with van der Waals surface area (Å²) in [7, 11) is -3.91. The fraction of sp³-hybridized carbons (Fsp3) is 0.0833. The molecule has 1 aromatic heterocycles. The molecule has 0 atom stereocenters. The molecule has 0 aliphatic carbocycles. The molecule has 8 heteroatoms. The van der Waals surface area contributed by atoms with Gasteiger partial charge in [-0.2, -0.15) is 0 Å². The van der Waals surface area contributed by atoms with Crippen LogP contribution in [0, 0.1) is 12.7 Å². The summed E-state index contributed by atoms with van der Waals surface area (Å²) in [5.74, 6) is -0.793. The van der Waals surface area contributed by atoms with Crippen LogP contribution < -0.4 is 10.5 Å². The lowest BCUT2D eigenvalue weighted by Gasteiger charge is -2.09. The van der Waals surface area contributed by atoms with Crippen molar-refractivity contribution in [3.05, 3.63) is 47.0 Å². The van der Waals surface area contributed by atoms with E-state index in [4.69, 9.17) is 17.3 Å². The number of benzene rings is 1. The molecule has 0 aliphatic rings. The highest BCUT2D eigenvalue weighted by atomic mass is 35.5. The number of pyridine rings is 1. The molecule has 0 bridgehead atoms. The largest absolute Gasteiger partial charge is 0.396 e. The van der Waals surface area contributed by atoms with Crippen molar-refractivity contribution in [2.24, 2.45) is 0 Å². The van der Waals surface area contributed by atoms with Crippen LogP contribution in [0.25, 0.3) is 0 Å². The van der Waals surface area contributed by atoms with Crippen LogP contribution in [0.5, 0.6) is 0 Å². The van der Waals surface area contributed by atoms with Crippen LogP contribution in [-0.2, 0) is 10.0 Å². The fourth-order valence-corrected chi connectivity index (χ4v) is 2.65. The van der Waals surface area contributed by atoms with Gasteiger partial charge in [-0.1, -0.05) is 11.6 Å². The first-order valence-corrected chi connectivity index (χ1v) is 7.36. The topological polar surface area (TPSA) is 85.1 Å². The monoisotopic (exact) mass is 315 g/mol. The molecule has 2 aromatic rings. The van der Waals surface area contributed by atoms with E-state index in [1.54, 1.807) is 6.92 Å². The zero-order valence-electron chi connectivity index (χ0n) is 10.4. The number of halogens is 2. The lowest BCUT2D eigenvalue weighted by Crippen LogP contribution is -2.13. The summed E-state index contributed by atoms with van der Waals surface area (Å²) >= 11 is 5.76. The quantitative estimate of drug-likeness (QED) is 0.673. The predicted molar refractivity (Wildman–Crippen MR) is 75.6 cm³/mol. The second-order valence-corrected chi connectivity index (χ2v) is 6.16. The minimum atomic E-state index is -3.91. The molecular weight excluding hydrogens is 305 g/mol. The molecule has 3 N–H and O–H groups in total. The maximum Gasteiger partial charge on any atom is 0.262 e. The molecule has 0 saturated heterocycles. The molecule has 5 nitrogen and oxygen atoms in total. The highest BCUT2D eigenvalue weighted by Crippen LogP contribution is 2.21. The molecular formula is C12H11ClFN3O2S. The first kappa shape index (κ1) is 14.5. The summed E-state index contributed by atoms with van der Waals surface area (Å²) in [5.41, 5.74) is 6.05. The standard InChI is InChI=1S/C12H11ClFN3O2S/c1-7-4-8(6-16-12(7)13)17-20(18,19)9-2-3-11(15)10(14)5-9/h2-6,17H,15H2,1H3. The van der Waals surface area contributed by atoms with Crippen molar-refractivity contribution in [1.29, 1.82) is 0 Å². The van der Waals surface area contributed by atoms with E-state index in [-0.39, 0.29) is 21.4 Å². The Balaban J connectivity index is 2.35. The zero-order valence-corrected chi connectivity index (χ0v) is 12.0. The molecule has 1 heterocycles. The van der Waals surface area contributed by atoms with Crippen LogP contribution in [0.3, 0.4) is 0 Å². The Morgan fingerprint density at radius 1 is 1.35 bits per heavy atom. The van der Waals surface area contributed by atoms with Gasteiger partial charge < -0.3 is 5.73 Å². The van der Waals surface area contributed by atoms with E-state index >= 15 is 0 Å². The van der Waals surface area contributed by atoms with Crippen molar-refractivity contribution in [2.75, 3.05) is 10.5 Å². The van der Waals surface area contributed by atoms with Gasteiger partial charge in [0.1, 0.15) is 11.0 Å². The van der Waals surface area contributed by atoms with E-state index in [1.807, 2.05) is 0 Å². The number of nitrogens with zero attached hydrogens (tertiary/aromatic N) is 1. The van der Waals surface area contributed by atoms with Gasteiger partial charge in [0.25, 0.3) is 10.0 Å². The third-order valence-electron chi connectivity index (χ3n) is 2.55. The molecule has 0 saturated carbocycles. The molecule has 0 spiro atoms. The van der Waals surface area contributed by atoms with Crippen LogP contribution in [0.1, 0.15) is 5.56 Å². The van der Waals surface area contributed by atoms with Crippen molar-refractivity contribution < 1.29 is 12.8 Å². The summed E-state index contributed by atoms with van der Waals surface area (Å²) in [6.07, 6.45) is 1.28. The SMILES string of the molecule is Cc1cc(NS(=O)(=O)c2ccc(N)c(F)c2)cnc1Cl. The van der Waals surface area contributed by atoms with E-state index in [2.05, 4.69) is 9.71 Å². The van der Waals surface area contributed by atoms with E-state index in [9.17, 15) is 12.8 Å². The van der Waals surface area contributed by atoms with Crippen LogP contribution in [-0.4, -0.2) is 13.4 Å². The summed E-state index contributed by atoms with van der Waals surface area (Å²) < 4.78 is 39.8. The average Bonchev–Trinajstić information content (AvgIpc) is 2.37. The number of aromatic nitrogens is 1. The minimum Gasteiger partial charge on any atom is -0.396 e. The van der Waals surface area contributed by atoms with Crippen molar-refractivity contribution in [1.82, 2.24) is 4.98 Å². The Labute approximate surface area is 120 Å². The second-order valence-electron chi connectivity index (χ2n) is 4.12. The number of nitrogen functional groups attached to an aromatic ring is 1. The normalized spacial score (nSPS) is 11.3. The number of hydrogen-bond acceptors (Lipinski definition) is 4. The summed E-state index contributed by atoms with van der Waals surface area (Å²) in [5, 5.41) is 0.284. The smallest absolute Gasteiger partial charge is 0.262 e. The van der Waals surface area contributed by atoms with Crippen molar-refractivity contribution in [3.8, 4) is 0 Å². The number of hydrogen-bond donors (Lipinski definition) is 2. The number of nitrogens with one attached hydrogen (secondary N) is 1. The van der Waals surface area contributed by atoms with Crippen LogP contribution in [0.2, 0.25) is 5.15 Å². The van der Waals surface area contributed by atoms with Gasteiger partial charge in [-0.05, 0) is 36.8 Å². The highest BCUT2D eigenvalue weighted by Gasteiger charge is 2.16. The van der Waals surface area contributed by atoms with Gasteiger partial charge in [0.2, 0.25) is 0 Å². The molecule has 0 amide bonds. The van der Waals surface area contributed by atoms with Gasteiger partial charge in [-0.15, -0.1) is 0 Å². The number of sulfonamides is 1. The Kier molecular flexibility index (Phi) is 3.82. The maximum absolute atomic E-state index is 13.3. The maximum atomic E-state index is 13.3. The lowest BCUT2D eigenvalue weighted by molar-refractivity contribution is 0.596. The number of nitrogens with two attached hydrogens (primary N) is 1. The molecule has 0 radical (unpaired) electrons. The molecule has 0 unspecified atom stereocenters. The Hall–Kier alpha value is -1.86. The fourth-order valence-electron chi connectivity index (χ4n) is 1.50. The number of aryl methyl sites for hydroxylation is 1. The lowest BCUT2D eigenvalue weighted by atomic mass is 10.3. The third-order valence-corrected chi connectivity index (χ3v) is 4.32. The Morgan fingerprint density at radius 2 is 2.05 bits per heavy atom. The van der Waals surface area contributed by atoms with Crippen molar-refractivity contribution in [3.63, 3.8) is 0 Å². The first-order chi connectivity index (χ1) is 9.29. The van der Waals surface area contributed by atoms with Crippen molar-refractivity contribution >= 4 is 33.0 Å². The number of rotatable bonds is 3. The molecule has 106 valence electrons. The van der Waals surface area contributed by atoms with E-state index in [0.717, 1.165) is 6.07 Å². The van der Waals surface area contributed by atoms with Crippen molar-refractivity contribution in [2.45, 2.75) is 11.8 Å². The van der Waals surface area contributed by atoms with Gasteiger partial charge in [0.15, 0.2) is 0 Å². The first-order valence-electron chi connectivity index (χ1n) is 5.49. The van der Waals surface area contributed by atoms with E-state index < -0.39 is 15.8 Å². The summed E-state index contributed by atoms with van der Waals surface area (Å²) in [6.45, 7) is 1.69. The second kappa shape index (κ2) is 5.26. The van der Waals surface area contributed by atoms with Crippen LogP contribution in [0.4, 0.5) is 15.8 Å². The number of anilines is 2. The zero-order chi connectivity index (χ0) is 14.9. The average molecular weight is 316 g/mol. The Morgan fingerprint density at radius 3 is 2.65 bits per heavy atom. The van der Waals surface area contributed by atoms with E-state index in [0.29, 0.717) is 5.56 Å². The van der Waals surface area contributed by atoms with Gasteiger partial charge >= 0.3 is 0 Å². The molecule has 2 rings (SSSR count). The van der Waals surface area contributed by atoms with Gasteiger partial charge in [0, 0.05) is 0 Å². The minimum absolute atomic E-state index is 0.118. The molecule has 20 heavy (non-hydrogen) atoms. The highest BCUT2D eigenvalue weighted by molar-refractivity contribution is 7.92. The molecule has 1 aromatic carbocycles. The van der Waals surface area contributed by atoms with Crippen LogP contribution >= 0.6 is 11.6 Å². The summed E-state index contributed by atoms with van der Waals surface area (Å²) in [4.78, 5) is 3.61. The van der Waals surface area contributed by atoms with E-state index in [1.165, 1.54) is 24.4 Å². The Bertz CT molecular complexity index is 765. The van der Waals surface area contributed by atoms with Gasteiger partial charge in [-0.25, -0.2) is 17.8 Å². The van der Waals surface area contributed by atoms with Gasteiger partial charge in [-0.3, -0.25) is 4.72 Å². The van der Waals surface area contributed by atoms with Gasteiger partial charge in [0.05, 0.1) is 22.5 Å². The molecule has 0 aliphatic heterocycles. The molecule has 0 fully saturated rings. The third kappa shape index (κ3) is 3.00. The summed E-state index contributed by atoms with van der Waals surface area (Å²) in [6, 6.07) is 4.79.